The molecule has 0 saturated heterocycles. The SMILES string of the molecule is CCNC(=O)c1cc(Nc2ncc(Cl)c(Nc3ccccc3NS(C)(=O)=O)n2)nn1C. The summed E-state index contributed by atoms with van der Waals surface area (Å²) in [6.45, 7) is 2.32. The van der Waals surface area contributed by atoms with Gasteiger partial charge >= 0.3 is 0 Å². The molecule has 3 aromatic rings. The van der Waals surface area contributed by atoms with E-state index in [1.54, 1.807) is 37.4 Å². The first-order valence-electron chi connectivity index (χ1n) is 9.12. The number of amides is 1. The molecule has 0 aliphatic rings. The number of nitrogens with zero attached hydrogens (tertiary/aromatic N) is 4. The Morgan fingerprint density at radius 2 is 1.90 bits per heavy atom. The summed E-state index contributed by atoms with van der Waals surface area (Å²) in [7, 11) is -1.83. The van der Waals surface area contributed by atoms with Crippen molar-refractivity contribution < 1.29 is 13.2 Å². The van der Waals surface area contributed by atoms with Gasteiger partial charge in [-0.1, -0.05) is 23.7 Å². The molecule has 0 spiro atoms. The number of sulfonamides is 1. The summed E-state index contributed by atoms with van der Waals surface area (Å²) in [6.07, 6.45) is 2.45. The van der Waals surface area contributed by atoms with Gasteiger partial charge in [-0.05, 0) is 19.1 Å². The molecular weight excluding hydrogens is 444 g/mol. The lowest BCUT2D eigenvalue weighted by atomic mass is 10.2. The van der Waals surface area contributed by atoms with Crippen LogP contribution in [0.5, 0.6) is 0 Å². The molecule has 0 fully saturated rings. The van der Waals surface area contributed by atoms with Crippen LogP contribution in [0, 0.1) is 0 Å². The number of carbonyl (C=O) groups is 1. The minimum absolute atomic E-state index is 0.181. The third-order valence-electron chi connectivity index (χ3n) is 3.91. The summed E-state index contributed by atoms with van der Waals surface area (Å²) in [5.74, 6) is 0.555. The molecule has 0 bridgehead atoms. The maximum atomic E-state index is 12.1. The Hall–Kier alpha value is -3.38. The van der Waals surface area contributed by atoms with Crippen LogP contribution in [0.15, 0.2) is 36.5 Å². The molecule has 11 nitrogen and oxygen atoms in total. The van der Waals surface area contributed by atoms with Crippen LogP contribution in [-0.2, 0) is 17.1 Å². The molecule has 0 aliphatic carbocycles. The third-order valence-corrected chi connectivity index (χ3v) is 4.78. The zero-order valence-corrected chi connectivity index (χ0v) is 18.5. The van der Waals surface area contributed by atoms with E-state index >= 15 is 0 Å². The van der Waals surface area contributed by atoms with Crippen LogP contribution in [0.1, 0.15) is 17.4 Å². The predicted octanol–water partition coefficient (Wildman–Crippen LogP) is 2.47. The Morgan fingerprint density at radius 1 is 1.19 bits per heavy atom. The second kappa shape index (κ2) is 9.18. The number of aryl methyl sites for hydroxylation is 1. The monoisotopic (exact) mass is 464 g/mol. The van der Waals surface area contributed by atoms with Gasteiger partial charge in [-0.3, -0.25) is 14.2 Å². The Kier molecular flexibility index (Phi) is 6.61. The van der Waals surface area contributed by atoms with Gasteiger partial charge in [0.15, 0.2) is 11.6 Å². The average Bonchev–Trinajstić information content (AvgIpc) is 3.05. The van der Waals surface area contributed by atoms with E-state index in [1.807, 2.05) is 6.92 Å². The zero-order chi connectivity index (χ0) is 22.6. The third kappa shape index (κ3) is 5.83. The first kappa shape index (κ1) is 22.3. The summed E-state index contributed by atoms with van der Waals surface area (Å²) in [5.41, 5.74) is 1.17. The molecule has 0 aliphatic heterocycles. The highest BCUT2D eigenvalue weighted by Gasteiger charge is 2.15. The van der Waals surface area contributed by atoms with E-state index in [0.29, 0.717) is 29.4 Å². The standard InChI is InChI=1S/C18H21ClN8O3S/c1-4-20-17(28)14-9-15(25-27(14)2)23-18-21-10-11(19)16(24-18)22-12-7-5-6-8-13(12)26-31(3,29)30/h5-10,26H,4H2,1-3H3,(H,20,28)(H2,21,22,23,24,25). The summed E-state index contributed by atoms with van der Waals surface area (Å²) < 4.78 is 27.1. The lowest BCUT2D eigenvalue weighted by Gasteiger charge is -2.13. The highest BCUT2D eigenvalue weighted by Crippen LogP contribution is 2.29. The van der Waals surface area contributed by atoms with Gasteiger partial charge in [0.1, 0.15) is 10.7 Å². The topological polar surface area (TPSA) is 143 Å². The molecule has 1 amide bonds. The van der Waals surface area contributed by atoms with Crippen LogP contribution in [0.2, 0.25) is 5.02 Å². The average molecular weight is 465 g/mol. The maximum Gasteiger partial charge on any atom is 0.269 e. The number of aromatic nitrogens is 4. The van der Waals surface area contributed by atoms with Crippen LogP contribution in [0.4, 0.5) is 29.0 Å². The number of hydrogen-bond donors (Lipinski definition) is 4. The van der Waals surface area contributed by atoms with Gasteiger partial charge in [0.2, 0.25) is 16.0 Å². The second-order valence-electron chi connectivity index (χ2n) is 6.46. The number of benzene rings is 1. The van der Waals surface area contributed by atoms with Crippen LogP contribution in [0.3, 0.4) is 0 Å². The molecule has 4 N–H and O–H groups in total. The van der Waals surface area contributed by atoms with Crippen molar-refractivity contribution in [3.8, 4) is 0 Å². The molecule has 0 unspecified atom stereocenters. The number of carbonyl (C=O) groups excluding carboxylic acids is 1. The first-order valence-corrected chi connectivity index (χ1v) is 11.4. The molecule has 2 heterocycles. The van der Waals surface area contributed by atoms with Gasteiger partial charge in [0.25, 0.3) is 5.91 Å². The fourth-order valence-electron chi connectivity index (χ4n) is 2.63. The van der Waals surface area contributed by atoms with Gasteiger partial charge in [0, 0.05) is 19.7 Å². The molecular formula is C18H21ClN8O3S. The van der Waals surface area contributed by atoms with Gasteiger partial charge in [0.05, 0.1) is 23.8 Å². The maximum absolute atomic E-state index is 12.1. The lowest BCUT2D eigenvalue weighted by Crippen LogP contribution is -2.24. The number of para-hydroxylation sites is 2. The highest BCUT2D eigenvalue weighted by atomic mass is 35.5. The van der Waals surface area contributed by atoms with E-state index in [9.17, 15) is 13.2 Å². The summed E-state index contributed by atoms with van der Waals surface area (Å²) in [4.78, 5) is 20.5. The fourth-order valence-corrected chi connectivity index (χ4v) is 3.35. The van der Waals surface area contributed by atoms with E-state index < -0.39 is 10.0 Å². The largest absolute Gasteiger partial charge is 0.351 e. The van der Waals surface area contributed by atoms with Gasteiger partial charge in [-0.15, -0.1) is 0 Å². The van der Waals surface area contributed by atoms with E-state index in [2.05, 4.69) is 35.7 Å². The summed E-state index contributed by atoms with van der Waals surface area (Å²) >= 11 is 6.21. The van der Waals surface area contributed by atoms with E-state index in [-0.39, 0.29) is 22.7 Å². The Bertz CT molecular complexity index is 1210. The van der Waals surface area contributed by atoms with Gasteiger partial charge in [-0.25, -0.2) is 13.4 Å². The van der Waals surface area contributed by atoms with Crippen LogP contribution >= 0.6 is 11.6 Å². The molecule has 0 saturated carbocycles. The molecule has 3 rings (SSSR count). The lowest BCUT2D eigenvalue weighted by molar-refractivity contribution is 0.0946. The zero-order valence-electron chi connectivity index (χ0n) is 17.0. The van der Waals surface area contributed by atoms with Crippen LogP contribution < -0.4 is 20.7 Å². The molecule has 0 radical (unpaired) electrons. The van der Waals surface area contributed by atoms with E-state index in [0.717, 1.165) is 6.26 Å². The molecule has 2 aromatic heterocycles. The van der Waals surface area contributed by atoms with Crippen molar-refractivity contribution in [3.63, 3.8) is 0 Å². The van der Waals surface area contributed by atoms with E-state index in [4.69, 9.17) is 11.6 Å². The molecule has 164 valence electrons. The van der Waals surface area contributed by atoms with Crippen molar-refractivity contribution in [2.45, 2.75) is 6.92 Å². The van der Waals surface area contributed by atoms with Crippen molar-refractivity contribution in [2.75, 3.05) is 28.2 Å². The van der Waals surface area contributed by atoms with Crippen molar-refractivity contribution in [3.05, 3.63) is 47.2 Å². The minimum Gasteiger partial charge on any atom is -0.351 e. The Morgan fingerprint density at radius 3 is 2.58 bits per heavy atom. The summed E-state index contributed by atoms with van der Waals surface area (Å²) in [6, 6.07) is 8.29. The number of anilines is 5. The molecule has 1 aromatic carbocycles. The predicted molar refractivity (Wildman–Crippen MR) is 120 cm³/mol. The number of hydrogen-bond acceptors (Lipinski definition) is 8. The number of halogens is 1. The normalized spacial score (nSPS) is 11.1. The summed E-state index contributed by atoms with van der Waals surface area (Å²) in [5, 5.41) is 13.1. The van der Waals surface area contributed by atoms with Crippen molar-refractivity contribution in [1.82, 2.24) is 25.1 Å². The first-order chi connectivity index (χ1) is 14.7. The highest BCUT2D eigenvalue weighted by molar-refractivity contribution is 7.92. The Balaban J connectivity index is 1.84. The molecule has 13 heteroatoms. The molecule has 31 heavy (non-hydrogen) atoms. The second-order valence-corrected chi connectivity index (χ2v) is 8.61. The van der Waals surface area contributed by atoms with Crippen molar-refractivity contribution >= 4 is 56.5 Å². The van der Waals surface area contributed by atoms with Crippen molar-refractivity contribution in [1.29, 1.82) is 0 Å². The molecule has 0 atom stereocenters. The van der Waals surface area contributed by atoms with E-state index in [1.165, 1.54) is 10.9 Å². The van der Waals surface area contributed by atoms with Crippen LogP contribution in [-0.4, -0.2) is 46.9 Å². The van der Waals surface area contributed by atoms with Crippen LogP contribution in [0.25, 0.3) is 0 Å². The van der Waals surface area contributed by atoms with Gasteiger partial charge < -0.3 is 16.0 Å². The quantitative estimate of drug-likeness (QED) is 0.398. The number of rotatable bonds is 8. The van der Waals surface area contributed by atoms with Crippen molar-refractivity contribution in [2.24, 2.45) is 7.05 Å². The minimum atomic E-state index is -3.48. The van der Waals surface area contributed by atoms with Gasteiger partial charge in [-0.2, -0.15) is 10.1 Å². The Labute approximate surface area is 184 Å². The fraction of sp³-hybridized carbons (Fsp3) is 0.222. The smallest absolute Gasteiger partial charge is 0.269 e. The number of nitrogens with one attached hydrogen (secondary N) is 4.